The molecule has 1 aromatic carbocycles. The first-order valence-electron chi connectivity index (χ1n) is 10.6. The number of hydrogen-bond acceptors (Lipinski definition) is 5. The molecule has 2 saturated heterocycles. The lowest BCUT2D eigenvalue weighted by Gasteiger charge is -2.37. The second-order valence-electron chi connectivity index (χ2n) is 8.20. The molecule has 0 saturated carbocycles. The molecule has 2 atom stereocenters. The minimum absolute atomic E-state index is 0.0649. The summed E-state index contributed by atoms with van der Waals surface area (Å²) in [7, 11) is -1.33. The lowest BCUT2D eigenvalue weighted by Crippen LogP contribution is -3.16. The fourth-order valence-corrected chi connectivity index (χ4v) is 6.15. The quantitative estimate of drug-likeness (QED) is 0.678. The maximum atomic E-state index is 13.1. The molecule has 2 aliphatic heterocycles. The average Bonchev–Trinajstić information content (AvgIpc) is 3.07. The van der Waals surface area contributed by atoms with E-state index in [-0.39, 0.29) is 29.5 Å². The molecular formula is C21H34N3O4S+. The van der Waals surface area contributed by atoms with Crippen LogP contribution in [0.4, 0.5) is 5.69 Å². The summed E-state index contributed by atoms with van der Waals surface area (Å²) in [6.07, 6.45) is 1.40. The van der Waals surface area contributed by atoms with Crippen molar-refractivity contribution in [1.82, 2.24) is 4.90 Å². The van der Waals surface area contributed by atoms with Crippen LogP contribution >= 0.6 is 0 Å². The predicted octanol–water partition coefficient (Wildman–Crippen LogP) is 0.214. The van der Waals surface area contributed by atoms with Crippen LogP contribution in [0.1, 0.15) is 26.7 Å². The topological polar surface area (TPSA) is 71.4 Å². The Kier molecular flexibility index (Phi) is 7.05. The van der Waals surface area contributed by atoms with Crippen molar-refractivity contribution in [2.45, 2.75) is 38.8 Å². The number of hydrogen-bond donors (Lipinski definition) is 1. The van der Waals surface area contributed by atoms with Gasteiger partial charge in [-0.15, -0.1) is 0 Å². The molecule has 1 aromatic rings. The Bertz CT molecular complexity index is 806. The summed E-state index contributed by atoms with van der Waals surface area (Å²) in [5, 5.41) is 0. The van der Waals surface area contributed by atoms with Crippen LogP contribution in [0.5, 0.6) is 5.75 Å². The van der Waals surface area contributed by atoms with Crippen LogP contribution in [0.15, 0.2) is 24.3 Å². The van der Waals surface area contributed by atoms with Gasteiger partial charge >= 0.3 is 0 Å². The van der Waals surface area contributed by atoms with Gasteiger partial charge in [-0.05, 0) is 31.9 Å². The Morgan fingerprint density at radius 2 is 2.00 bits per heavy atom. The molecule has 0 aromatic heterocycles. The summed E-state index contributed by atoms with van der Waals surface area (Å²) in [4.78, 5) is 18.6. The zero-order valence-electron chi connectivity index (χ0n) is 17.8. The van der Waals surface area contributed by atoms with E-state index in [0.717, 1.165) is 44.0 Å². The highest BCUT2D eigenvalue weighted by Gasteiger charge is 2.38. The maximum absolute atomic E-state index is 13.1. The summed E-state index contributed by atoms with van der Waals surface area (Å²) in [6.45, 7) is 7.99. The number of ether oxygens (including phenoxy) is 1. The number of anilines is 1. The van der Waals surface area contributed by atoms with Gasteiger partial charge in [-0.1, -0.05) is 19.1 Å². The van der Waals surface area contributed by atoms with Crippen LogP contribution in [-0.2, 0) is 14.6 Å². The van der Waals surface area contributed by atoms with Crippen molar-refractivity contribution in [3.8, 4) is 5.75 Å². The Labute approximate surface area is 174 Å². The van der Waals surface area contributed by atoms with Gasteiger partial charge in [0.05, 0.1) is 50.5 Å². The largest absolute Gasteiger partial charge is 0.495 e. The zero-order valence-corrected chi connectivity index (χ0v) is 18.6. The van der Waals surface area contributed by atoms with Crippen molar-refractivity contribution in [1.29, 1.82) is 0 Å². The number of rotatable bonds is 7. The molecular weight excluding hydrogens is 390 g/mol. The number of carbonyl (C=O) groups excluding carboxylic acids is 1. The van der Waals surface area contributed by atoms with Crippen molar-refractivity contribution in [2.75, 3.05) is 56.2 Å². The Morgan fingerprint density at radius 3 is 2.59 bits per heavy atom. The van der Waals surface area contributed by atoms with Crippen molar-refractivity contribution in [2.24, 2.45) is 0 Å². The molecule has 0 aliphatic carbocycles. The highest BCUT2D eigenvalue weighted by molar-refractivity contribution is 7.91. The van der Waals surface area contributed by atoms with E-state index < -0.39 is 9.84 Å². The molecule has 0 bridgehead atoms. The maximum Gasteiger partial charge on any atom is 0.278 e. The predicted molar refractivity (Wildman–Crippen MR) is 114 cm³/mol. The Balaban J connectivity index is 1.60. The third kappa shape index (κ3) is 5.22. The average molecular weight is 425 g/mol. The SMILES string of the molecule is CC[C@H](C)N(C(=O)C[NH+]1CCN(c2ccccc2OC)CC1)[C@H]1CCS(=O)(=O)C1. The molecule has 2 fully saturated rings. The van der Waals surface area contributed by atoms with Crippen LogP contribution < -0.4 is 14.5 Å². The van der Waals surface area contributed by atoms with Crippen molar-refractivity contribution in [3.63, 3.8) is 0 Å². The molecule has 0 unspecified atom stereocenters. The van der Waals surface area contributed by atoms with Gasteiger partial charge in [-0.3, -0.25) is 4.79 Å². The first-order chi connectivity index (χ1) is 13.8. The summed E-state index contributed by atoms with van der Waals surface area (Å²) < 4.78 is 29.3. The lowest BCUT2D eigenvalue weighted by atomic mass is 10.1. The van der Waals surface area contributed by atoms with E-state index in [9.17, 15) is 13.2 Å². The molecule has 0 spiro atoms. The van der Waals surface area contributed by atoms with Gasteiger partial charge in [0.25, 0.3) is 5.91 Å². The number of nitrogens with one attached hydrogen (secondary N) is 1. The molecule has 7 nitrogen and oxygen atoms in total. The number of benzene rings is 1. The van der Waals surface area contributed by atoms with E-state index in [1.54, 1.807) is 7.11 Å². The van der Waals surface area contributed by atoms with E-state index in [2.05, 4.69) is 11.0 Å². The molecule has 2 heterocycles. The van der Waals surface area contributed by atoms with Crippen LogP contribution in [0, 0.1) is 0 Å². The molecule has 1 amide bonds. The number of amides is 1. The third-order valence-corrected chi connectivity index (χ3v) is 8.00. The van der Waals surface area contributed by atoms with Crippen molar-refractivity contribution in [3.05, 3.63) is 24.3 Å². The van der Waals surface area contributed by atoms with Gasteiger partial charge in [-0.25, -0.2) is 8.42 Å². The van der Waals surface area contributed by atoms with Crippen LogP contribution in [0.3, 0.4) is 0 Å². The Hall–Kier alpha value is -1.80. The number of quaternary nitrogens is 1. The smallest absolute Gasteiger partial charge is 0.278 e. The van der Waals surface area contributed by atoms with Crippen molar-refractivity contribution < 1.29 is 22.8 Å². The highest BCUT2D eigenvalue weighted by Crippen LogP contribution is 2.27. The van der Waals surface area contributed by atoms with Crippen LogP contribution in [-0.4, -0.2) is 82.6 Å². The molecule has 0 radical (unpaired) electrons. The van der Waals surface area contributed by atoms with E-state index in [4.69, 9.17) is 4.74 Å². The number of para-hydroxylation sites is 2. The monoisotopic (exact) mass is 424 g/mol. The number of nitrogens with zero attached hydrogens (tertiary/aromatic N) is 2. The molecule has 1 N–H and O–H groups in total. The fraction of sp³-hybridized carbons (Fsp3) is 0.667. The highest BCUT2D eigenvalue weighted by atomic mass is 32.2. The summed E-state index contributed by atoms with van der Waals surface area (Å²) in [5.41, 5.74) is 1.10. The van der Waals surface area contributed by atoms with E-state index in [1.807, 2.05) is 36.9 Å². The molecule has 8 heteroatoms. The van der Waals surface area contributed by atoms with E-state index in [1.165, 1.54) is 4.90 Å². The lowest BCUT2D eigenvalue weighted by molar-refractivity contribution is -0.892. The van der Waals surface area contributed by atoms with Crippen LogP contribution in [0.2, 0.25) is 0 Å². The normalized spacial score (nSPS) is 23.0. The minimum Gasteiger partial charge on any atom is -0.495 e. The van der Waals surface area contributed by atoms with Gasteiger partial charge in [0.1, 0.15) is 5.75 Å². The second-order valence-corrected chi connectivity index (χ2v) is 10.4. The second kappa shape index (κ2) is 9.34. The van der Waals surface area contributed by atoms with E-state index >= 15 is 0 Å². The Morgan fingerprint density at radius 1 is 1.31 bits per heavy atom. The number of methoxy groups -OCH3 is 1. The summed E-state index contributed by atoms with van der Waals surface area (Å²) in [6, 6.07) is 7.92. The zero-order chi connectivity index (χ0) is 21.0. The fourth-order valence-electron chi connectivity index (χ4n) is 4.44. The number of sulfone groups is 1. The van der Waals surface area contributed by atoms with Crippen LogP contribution in [0.25, 0.3) is 0 Å². The van der Waals surface area contributed by atoms with Gasteiger partial charge < -0.3 is 19.4 Å². The molecule has 3 rings (SSSR count). The molecule has 2 aliphatic rings. The van der Waals surface area contributed by atoms with Gasteiger partial charge in [0.2, 0.25) is 0 Å². The summed E-state index contributed by atoms with van der Waals surface area (Å²) >= 11 is 0. The minimum atomic E-state index is -3.01. The standard InChI is InChI=1S/C21H33N3O4S/c1-4-17(2)24(18-9-14-29(26,27)16-18)21(25)15-22-10-12-23(13-11-22)19-7-5-6-8-20(19)28-3/h5-8,17-18H,4,9-16H2,1-3H3/p+1/t17-,18-/m0/s1. The first kappa shape index (κ1) is 21.9. The van der Waals surface area contributed by atoms with Gasteiger partial charge in [0, 0.05) is 12.1 Å². The number of carbonyl (C=O) groups is 1. The summed E-state index contributed by atoms with van der Waals surface area (Å²) in [5.74, 6) is 1.27. The number of piperazine rings is 1. The van der Waals surface area contributed by atoms with E-state index in [0.29, 0.717) is 13.0 Å². The first-order valence-corrected chi connectivity index (χ1v) is 12.4. The van der Waals surface area contributed by atoms with Gasteiger partial charge in [0.15, 0.2) is 16.4 Å². The third-order valence-electron chi connectivity index (χ3n) is 6.25. The van der Waals surface area contributed by atoms with Crippen molar-refractivity contribution >= 4 is 21.4 Å². The van der Waals surface area contributed by atoms with Gasteiger partial charge in [-0.2, -0.15) is 0 Å². The molecule has 29 heavy (non-hydrogen) atoms. The molecule has 162 valence electrons.